The second kappa shape index (κ2) is 12.5. The van der Waals surface area contributed by atoms with Gasteiger partial charge >= 0.3 is 0 Å². The van der Waals surface area contributed by atoms with Gasteiger partial charge in [0.1, 0.15) is 0 Å². The fraction of sp³-hybridized carbons (Fsp3) is 0.963. The standard InChI is InChI=1S/C27H52N6O/c1-19(2)33-26-24(17-30-33)23(27(34)32(3)18-20-8-5-4-6-9-20)15-25(31-26)22-11-7-10-21(14-22)16-29-13-12-28/h19-26,29-31H,4-18,28H2,1-3H3. The fourth-order valence-corrected chi connectivity index (χ4v) is 7.47. The number of nitrogens with one attached hydrogen (secondary N) is 3. The molecule has 4 rings (SSSR count). The second-order valence-corrected chi connectivity index (χ2v) is 12.1. The molecule has 2 aliphatic heterocycles. The number of carbonyl (C=O) groups excluding carboxylic acids is 1. The molecule has 7 nitrogen and oxygen atoms in total. The van der Waals surface area contributed by atoms with E-state index in [4.69, 9.17) is 5.73 Å². The quantitative estimate of drug-likeness (QED) is 0.383. The molecule has 2 heterocycles. The Balaban J connectivity index is 1.44. The van der Waals surface area contributed by atoms with Gasteiger partial charge in [0.2, 0.25) is 5.91 Å². The Labute approximate surface area is 208 Å². The molecule has 34 heavy (non-hydrogen) atoms. The summed E-state index contributed by atoms with van der Waals surface area (Å²) in [4.78, 5) is 16.0. The van der Waals surface area contributed by atoms with Gasteiger partial charge in [0.15, 0.2) is 0 Å². The second-order valence-electron chi connectivity index (χ2n) is 12.1. The van der Waals surface area contributed by atoms with Crippen LogP contribution in [0.1, 0.15) is 78.1 Å². The molecule has 2 aliphatic carbocycles. The van der Waals surface area contributed by atoms with Crippen LogP contribution in [0.4, 0.5) is 0 Å². The SMILES string of the molecule is CC(C)N1NCC2C(C(=O)N(C)CC3CCCCC3)CC(C3CCCC(CNCCN)C3)NC21. The van der Waals surface area contributed by atoms with Crippen molar-refractivity contribution in [2.24, 2.45) is 35.3 Å². The first kappa shape index (κ1) is 26.3. The molecule has 0 bridgehead atoms. The number of carbonyl (C=O) groups is 1. The summed E-state index contributed by atoms with van der Waals surface area (Å²) in [5.41, 5.74) is 9.33. The summed E-state index contributed by atoms with van der Waals surface area (Å²) >= 11 is 0. The molecule has 6 atom stereocenters. The molecule has 4 aliphatic rings. The summed E-state index contributed by atoms with van der Waals surface area (Å²) in [7, 11) is 2.07. The molecule has 0 aromatic rings. The van der Waals surface area contributed by atoms with E-state index in [1.807, 2.05) is 0 Å². The smallest absolute Gasteiger partial charge is 0.225 e. The highest BCUT2D eigenvalue weighted by atomic mass is 16.2. The third-order valence-electron chi connectivity index (χ3n) is 9.28. The highest BCUT2D eigenvalue weighted by Crippen LogP contribution is 2.40. The first-order valence-electron chi connectivity index (χ1n) is 14.4. The van der Waals surface area contributed by atoms with Crippen LogP contribution in [0.25, 0.3) is 0 Å². The van der Waals surface area contributed by atoms with Crippen molar-refractivity contribution in [1.29, 1.82) is 0 Å². The summed E-state index contributed by atoms with van der Waals surface area (Å²) < 4.78 is 0. The Morgan fingerprint density at radius 1 is 1.09 bits per heavy atom. The third-order valence-corrected chi connectivity index (χ3v) is 9.28. The van der Waals surface area contributed by atoms with Gasteiger partial charge in [-0.25, -0.2) is 5.01 Å². The van der Waals surface area contributed by atoms with Gasteiger partial charge in [-0.2, -0.15) is 0 Å². The van der Waals surface area contributed by atoms with Crippen LogP contribution in [0.5, 0.6) is 0 Å². The van der Waals surface area contributed by atoms with E-state index in [2.05, 4.69) is 46.9 Å². The Morgan fingerprint density at radius 2 is 1.85 bits per heavy atom. The van der Waals surface area contributed by atoms with Crippen molar-refractivity contribution in [2.45, 2.75) is 96.3 Å². The van der Waals surface area contributed by atoms with E-state index in [-0.39, 0.29) is 12.1 Å². The number of piperidine rings is 1. The van der Waals surface area contributed by atoms with Crippen molar-refractivity contribution in [3.05, 3.63) is 0 Å². The maximum atomic E-state index is 13.9. The van der Waals surface area contributed by atoms with Gasteiger partial charge in [-0.1, -0.05) is 25.7 Å². The minimum absolute atomic E-state index is 0.122. The van der Waals surface area contributed by atoms with Gasteiger partial charge in [0.25, 0.3) is 0 Å². The summed E-state index contributed by atoms with van der Waals surface area (Å²) in [5.74, 6) is 2.97. The van der Waals surface area contributed by atoms with Crippen molar-refractivity contribution in [1.82, 2.24) is 26.0 Å². The van der Waals surface area contributed by atoms with Crippen LogP contribution in [0.15, 0.2) is 0 Å². The number of hydrazine groups is 1. The largest absolute Gasteiger partial charge is 0.345 e. The first-order chi connectivity index (χ1) is 16.5. The van der Waals surface area contributed by atoms with Gasteiger partial charge in [-0.3, -0.25) is 15.5 Å². The van der Waals surface area contributed by atoms with Crippen molar-refractivity contribution in [3.63, 3.8) is 0 Å². The zero-order valence-corrected chi connectivity index (χ0v) is 22.1. The number of hydrogen-bond donors (Lipinski definition) is 4. The lowest BCUT2D eigenvalue weighted by Gasteiger charge is -2.46. The molecule has 0 aromatic carbocycles. The Bertz CT molecular complexity index is 639. The maximum Gasteiger partial charge on any atom is 0.225 e. The molecule has 0 aromatic heterocycles. The minimum Gasteiger partial charge on any atom is -0.345 e. The van der Waals surface area contributed by atoms with E-state index in [9.17, 15) is 4.79 Å². The Morgan fingerprint density at radius 3 is 2.59 bits per heavy atom. The molecule has 2 saturated heterocycles. The lowest BCUT2D eigenvalue weighted by atomic mass is 9.71. The average molecular weight is 477 g/mol. The van der Waals surface area contributed by atoms with Gasteiger partial charge < -0.3 is 16.0 Å². The fourth-order valence-electron chi connectivity index (χ4n) is 7.47. The highest BCUT2D eigenvalue weighted by Gasteiger charge is 2.49. The number of amides is 1. The summed E-state index contributed by atoms with van der Waals surface area (Å²) in [6.07, 6.45) is 13.1. The molecule has 5 N–H and O–H groups in total. The van der Waals surface area contributed by atoms with Gasteiger partial charge in [-0.05, 0) is 76.7 Å². The van der Waals surface area contributed by atoms with Gasteiger partial charge in [0.05, 0.1) is 6.17 Å². The van der Waals surface area contributed by atoms with Gasteiger partial charge in [-0.15, -0.1) is 0 Å². The van der Waals surface area contributed by atoms with Crippen LogP contribution >= 0.6 is 0 Å². The highest BCUT2D eigenvalue weighted by molar-refractivity contribution is 5.79. The van der Waals surface area contributed by atoms with Crippen LogP contribution in [-0.4, -0.2) is 73.8 Å². The molecule has 6 unspecified atom stereocenters. The van der Waals surface area contributed by atoms with E-state index >= 15 is 0 Å². The molecule has 4 fully saturated rings. The van der Waals surface area contributed by atoms with Crippen molar-refractivity contribution in [2.75, 3.05) is 39.8 Å². The van der Waals surface area contributed by atoms with E-state index in [0.29, 0.717) is 42.3 Å². The molecule has 7 heteroatoms. The van der Waals surface area contributed by atoms with Crippen LogP contribution in [0.3, 0.4) is 0 Å². The van der Waals surface area contributed by atoms with Crippen molar-refractivity contribution >= 4 is 5.91 Å². The Kier molecular flexibility index (Phi) is 9.67. The lowest BCUT2D eigenvalue weighted by Crippen LogP contribution is -2.62. The number of nitrogens with zero attached hydrogens (tertiary/aromatic N) is 2. The molecular weight excluding hydrogens is 424 g/mol. The Hall–Kier alpha value is -0.730. The van der Waals surface area contributed by atoms with Crippen LogP contribution in [0.2, 0.25) is 0 Å². The first-order valence-corrected chi connectivity index (χ1v) is 14.4. The number of rotatable bonds is 9. The molecular formula is C27H52N6O. The maximum absolute atomic E-state index is 13.9. The van der Waals surface area contributed by atoms with Crippen LogP contribution < -0.4 is 21.8 Å². The number of nitrogens with two attached hydrogens (primary N) is 1. The van der Waals surface area contributed by atoms with E-state index < -0.39 is 0 Å². The predicted octanol–water partition coefficient (Wildman–Crippen LogP) is 2.53. The van der Waals surface area contributed by atoms with Crippen LogP contribution in [-0.2, 0) is 4.79 Å². The normalized spacial score (nSPS) is 35.4. The predicted molar refractivity (Wildman–Crippen MR) is 139 cm³/mol. The zero-order chi connectivity index (χ0) is 24.1. The summed E-state index contributed by atoms with van der Waals surface area (Å²) in [5, 5.41) is 10.00. The van der Waals surface area contributed by atoms with Crippen molar-refractivity contribution < 1.29 is 4.79 Å². The zero-order valence-electron chi connectivity index (χ0n) is 22.1. The van der Waals surface area contributed by atoms with E-state index in [0.717, 1.165) is 38.5 Å². The third kappa shape index (κ3) is 6.33. The van der Waals surface area contributed by atoms with E-state index in [1.165, 1.54) is 57.8 Å². The molecule has 1 amide bonds. The van der Waals surface area contributed by atoms with Crippen molar-refractivity contribution in [3.8, 4) is 0 Å². The molecule has 196 valence electrons. The minimum atomic E-state index is 0.122. The summed E-state index contributed by atoms with van der Waals surface area (Å²) in [6, 6.07) is 0.841. The molecule has 0 spiro atoms. The monoisotopic (exact) mass is 476 g/mol. The average Bonchev–Trinajstić information content (AvgIpc) is 3.28. The topological polar surface area (TPSA) is 85.7 Å². The van der Waals surface area contributed by atoms with E-state index in [1.54, 1.807) is 0 Å². The number of fused-ring (bicyclic) bond motifs is 1. The molecule has 0 radical (unpaired) electrons. The summed E-state index contributed by atoms with van der Waals surface area (Å²) in [6.45, 7) is 9.07. The van der Waals surface area contributed by atoms with Gasteiger partial charge in [0, 0.05) is 57.1 Å². The van der Waals surface area contributed by atoms with Crippen LogP contribution in [0, 0.1) is 29.6 Å². The number of hydrogen-bond acceptors (Lipinski definition) is 6. The lowest BCUT2D eigenvalue weighted by molar-refractivity contribution is -0.139. The molecule has 2 saturated carbocycles.